The van der Waals surface area contributed by atoms with Crippen LogP contribution in [0.3, 0.4) is 0 Å². The molecular formula is C21H27N3OS. The average molecular weight is 370 g/mol. The van der Waals surface area contributed by atoms with Crippen molar-refractivity contribution in [1.82, 2.24) is 9.88 Å². The van der Waals surface area contributed by atoms with Gasteiger partial charge in [0, 0.05) is 31.0 Å². The first kappa shape index (κ1) is 18.8. The Morgan fingerprint density at radius 2 is 2.04 bits per heavy atom. The lowest BCUT2D eigenvalue weighted by molar-refractivity contribution is 0.0710. The quantitative estimate of drug-likeness (QED) is 0.780. The molecule has 3 rings (SSSR count). The third-order valence-electron chi connectivity index (χ3n) is 4.85. The van der Waals surface area contributed by atoms with Crippen molar-refractivity contribution in [3.8, 4) is 0 Å². The van der Waals surface area contributed by atoms with Crippen LogP contribution in [0.2, 0.25) is 0 Å². The Morgan fingerprint density at radius 3 is 2.73 bits per heavy atom. The third-order valence-corrected chi connectivity index (χ3v) is 5.56. The molecule has 26 heavy (non-hydrogen) atoms. The van der Waals surface area contributed by atoms with Gasteiger partial charge < -0.3 is 10.2 Å². The maximum absolute atomic E-state index is 12.9. The second-order valence-corrected chi connectivity index (χ2v) is 7.87. The number of rotatable bonds is 5. The Hall–Kier alpha value is -2.01. The van der Waals surface area contributed by atoms with Crippen LogP contribution < -0.4 is 5.32 Å². The number of amides is 1. The highest BCUT2D eigenvalue weighted by atomic mass is 32.2. The molecule has 0 saturated carbocycles. The molecule has 0 radical (unpaired) electrons. The minimum Gasteiger partial charge on any atom is -0.381 e. The summed E-state index contributed by atoms with van der Waals surface area (Å²) in [5.41, 5.74) is 3.18. The fourth-order valence-electron chi connectivity index (χ4n) is 3.37. The maximum atomic E-state index is 12.9. The molecule has 1 atom stereocenters. The van der Waals surface area contributed by atoms with Gasteiger partial charge in [0.05, 0.1) is 5.56 Å². The smallest absolute Gasteiger partial charge is 0.256 e. The number of nitrogens with zero attached hydrogens (tertiary/aromatic N) is 2. The average Bonchev–Trinajstić information content (AvgIpc) is 2.68. The molecule has 0 spiro atoms. The molecule has 1 saturated heterocycles. The number of pyridine rings is 1. The second kappa shape index (κ2) is 8.58. The number of piperidine rings is 1. The summed E-state index contributed by atoms with van der Waals surface area (Å²) in [7, 11) is 0. The SMILES string of the molecule is CSc1ncccc1C(=O)N1CCC[C@@H](Nc2ccc(C(C)C)cc2)C1. The van der Waals surface area contributed by atoms with E-state index in [1.165, 1.54) is 17.3 Å². The Kier molecular flexibility index (Phi) is 6.20. The zero-order valence-corrected chi connectivity index (χ0v) is 16.6. The maximum Gasteiger partial charge on any atom is 0.256 e. The van der Waals surface area contributed by atoms with Gasteiger partial charge in [-0.2, -0.15) is 0 Å². The van der Waals surface area contributed by atoms with Crippen molar-refractivity contribution in [3.05, 3.63) is 53.7 Å². The first-order valence-corrected chi connectivity index (χ1v) is 10.5. The van der Waals surface area contributed by atoms with Gasteiger partial charge >= 0.3 is 0 Å². The highest BCUT2D eigenvalue weighted by Crippen LogP contribution is 2.23. The minimum atomic E-state index is 0.0871. The van der Waals surface area contributed by atoms with Crippen molar-refractivity contribution in [1.29, 1.82) is 0 Å². The Balaban J connectivity index is 1.66. The van der Waals surface area contributed by atoms with Crippen molar-refractivity contribution in [2.75, 3.05) is 24.7 Å². The van der Waals surface area contributed by atoms with Gasteiger partial charge in [-0.25, -0.2) is 4.98 Å². The number of anilines is 1. The van der Waals surface area contributed by atoms with Crippen LogP contribution in [0, 0.1) is 0 Å². The first-order valence-electron chi connectivity index (χ1n) is 9.23. The van der Waals surface area contributed by atoms with Gasteiger partial charge in [0.15, 0.2) is 0 Å². The van der Waals surface area contributed by atoms with Crippen LogP contribution in [0.1, 0.15) is 48.5 Å². The highest BCUT2D eigenvalue weighted by Gasteiger charge is 2.26. The molecular weight excluding hydrogens is 342 g/mol. The van der Waals surface area contributed by atoms with E-state index in [2.05, 4.69) is 48.4 Å². The number of hydrogen-bond acceptors (Lipinski definition) is 4. The molecule has 0 bridgehead atoms. The first-order chi connectivity index (χ1) is 12.6. The lowest BCUT2D eigenvalue weighted by atomic mass is 10.0. The summed E-state index contributed by atoms with van der Waals surface area (Å²) in [6, 6.07) is 12.6. The molecule has 5 heteroatoms. The normalized spacial score (nSPS) is 17.4. The van der Waals surface area contributed by atoms with Gasteiger partial charge in [-0.1, -0.05) is 26.0 Å². The van der Waals surface area contributed by atoms with E-state index < -0.39 is 0 Å². The topological polar surface area (TPSA) is 45.2 Å². The van der Waals surface area contributed by atoms with Crippen molar-refractivity contribution in [3.63, 3.8) is 0 Å². The summed E-state index contributed by atoms with van der Waals surface area (Å²) >= 11 is 1.52. The van der Waals surface area contributed by atoms with Crippen LogP contribution in [0.5, 0.6) is 0 Å². The van der Waals surface area contributed by atoms with Gasteiger partial charge in [0.1, 0.15) is 5.03 Å². The van der Waals surface area contributed by atoms with Gasteiger partial charge in [-0.15, -0.1) is 11.8 Å². The fourth-order valence-corrected chi connectivity index (χ4v) is 3.91. The summed E-state index contributed by atoms with van der Waals surface area (Å²) in [5, 5.41) is 4.40. The predicted octanol–water partition coefficient (Wildman–Crippen LogP) is 4.64. The van der Waals surface area contributed by atoms with E-state index in [4.69, 9.17) is 0 Å². The number of aromatic nitrogens is 1. The van der Waals surface area contributed by atoms with Crippen LogP contribution in [-0.4, -0.2) is 41.2 Å². The van der Waals surface area contributed by atoms with E-state index in [9.17, 15) is 4.79 Å². The van der Waals surface area contributed by atoms with Gasteiger partial charge in [-0.05, 0) is 54.8 Å². The molecule has 1 aliphatic heterocycles. The second-order valence-electron chi connectivity index (χ2n) is 7.07. The zero-order valence-electron chi connectivity index (χ0n) is 15.7. The van der Waals surface area contributed by atoms with Crippen molar-refractivity contribution in [2.45, 2.75) is 43.7 Å². The summed E-state index contributed by atoms with van der Waals surface area (Å²) in [4.78, 5) is 19.2. The number of thioether (sulfide) groups is 1. The van der Waals surface area contributed by atoms with Crippen LogP contribution >= 0.6 is 11.8 Å². The molecule has 4 nitrogen and oxygen atoms in total. The highest BCUT2D eigenvalue weighted by molar-refractivity contribution is 7.98. The summed E-state index contributed by atoms with van der Waals surface area (Å²) in [5.74, 6) is 0.626. The van der Waals surface area contributed by atoms with Crippen LogP contribution in [0.4, 0.5) is 5.69 Å². The zero-order chi connectivity index (χ0) is 18.5. The Bertz CT molecular complexity index is 745. The Labute approximate surface area is 160 Å². The molecule has 1 N–H and O–H groups in total. The minimum absolute atomic E-state index is 0.0871. The van der Waals surface area contributed by atoms with Crippen LogP contribution in [0.25, 0.3) is 0 Å². The van der Waals surface area contributed by atoms with Crippen molar-refractivity contribution >= 4 is 23.4 Å². The van der Waals surface area contributed by atoms with Crippen LogP contribution in [0.15, 0.2) is 47.6 Å². The predicted molar refractivity (Wildman–Crippen MR) is 109 cm³/mol. The summed E-state index contributed by atoms with van der Waals surface area (Å²) < 4.78 is 0. The molecule has 1 aromatic heterocycles. The largest absolute Gasteiger partial charge is 0.381 e. The van der Waals surface area contributed by atoms with E-state index in [0.717, 1.165) is 36.6 Å². The number of likely N-dealkylation sites (tertiary alicyclic amines) is 1. The van der Waals surface area contributed by atoms with E-state index in [1.54, 1.807) is 6.20 Å². The van der Waals surface area contributed by atoms with E-state index in [-0.39, 0.29) is 11.9 Å². The van der Waals surface area contributed by atoms with Gasteiger partial charge in [-0.3, -0.25) is 4.79 Å². The molecule has 0 aliphatic carbocycles. The fraction of sp³-hybridized carbons (Fsp3) is 0.429. The molecule has 1 fully saturated rings. The van der Waals surface area contributed by atoms with E-state index in [1.807, 2.05) is 23.3 Å². The molecule has 1 amide bonds. The standard InChI is InChI=1S/C21H27N3OS/c1-15(2)16-8-10-17(11-9-16)23-18-6-5-13-24(14-18)21(25)19-7-4-12-22-20(19)26-3/h4,7-12,15,18,23H,5-6,13-14H2,1-3H3/t18-/m1/s1. The van der Waals surface area contributed by atoms with Gasteiger partial charge in [0.2, 0.25) is 0 Å². The van der Waals surface area contributed by atoms with Crippen molar-refractivity contribution in [2.24, 2.45) is 0 Å². The summed E-state index contributed by atoms with van der Waals surface area (Å²) in [6.45, 7) is 5.95. The molecule has 0 unspecified atom stereocenters. The van der Waals surface area contributed by atoms with E-state index >= 15 is 0 Å². The number of carbonyl (C=O) groups is 1. The van der Waals surface area contributed by atoms with Crippen LogP contribution in [-0.2, 0) is 0 Å². The lowest BCUT2D eigenvalue weighted by Crippen LogP contribution is -2.45. The van der Waals surface area contributed by atoms with Gasteiger partial charge in [0.25, 0.3) is 5.91 Å². The molecule has 1 aromatic carbocycles. The van der Waals surface area contributed by atoms with Crippen molar-refractivity contribution < 1.29 is 4.79 Å². The molecule has 1 aliphatic rings. The summed E-state index contributed by atoms with van der Waals surface area (Å²) in [6.07, 6.45) is 5.80. The lowest BCUT2D eigenvalue weighted by Gasteiger charge is -2.34. The monoisotopic (exact) mass is 369 g/mol. The number of nitrogens with one attached hydrogen (secondary N) is 1. The Morgan fingerprint density at radius 1 is 1.27 bits per heavy atom. The third kappa shape index (κ3) is 4.39. The van der Waals surface area contributed by atoms with E-state index in [0.29, 0.717) is 11.5 Å². The number of hydrogen-bond donors (Lipinski definition) is 1. The molecule has 2 heterocycles. The molecule has 2 aromatic rings. The molecule has 138 valence electrons. The number of carbonyl (C=O) groups excluding carboxylic acids is 1. The number of benzene rings is 1.